The number of nitrogens with one attached hydrogen (secondary N) is 3. The normalized spacial score (nSPS) is 19.5. The van der Waals surface area contributed by atoms with E-state index in [1.54, 1.807) is 6.08 Å². The van der Waals surface area contributed by atoms with Crippen molar-refractivity contribution in [3.63, 3.8) is 0 Å². The first-order valence-electron chi connectivity index (χ1n) is 5.76. The number of urea groups is 1. The van der Waals surface area contributed by atoms with E-state index in [9.17, 15) is 9.59 Å². The van der Waals surface area contributed by atoms with Crippen LogP contribution < -0.4 is 16.0 Å². The first-order chi connectivity index (χ1) is 8.11. The second-order valence-corrected chi connectivity index (χ2v) is 4.14. The van der Waals surface area contributed by atoms with Gasteiger partial charge >= 0.3 is 6.03 Å². The minimum Gasteiger partial charge on any atom is -0.334 e. The van der Waals surface area contributed by atoms with Crippen LogP contribution in [0.4, 0.5) is 4.79 Å². The highest BCUT2D eigenvalue weighted by molar-refractivity contribution is 5.95. The lowest BCUT2D eigenvalue weighted by molar-refractivity contribution is -0.121. The zero-order valence-corrected chi connectivity index (χ0v) is 11.4. The van der Waals surface area contributed by atoms with Gasteiger partial charge in [0.2, 0.25) is 5.91 Å². The summed E-state index contributed by atoms with van der Waals surface area (Å²) in [4.78, 5) is 24.8. The molecule has 1 rings (SSSR count). The number of hydrogen-bond donors (Lipinski definition) is 3. The largest absolute Gasteiger partial charge is 0.334 e. The number of carbonyl (C=O) groups is 2. The second kappa shape index (κ2) is 8.91. The molecule has 1 fully saturated rings. The Morgan fingerprint density at radius 2 is 2.28 bits per heavy atom. The molecule has 1 atom stereocenters. The molecule has 7 heteroatoms. The third-order valence-electron chi connectivity index (χ3n) is 2.48. The van der Waals surface area contributed by atoms with Crippen LogP contribution in [0.15, 0.2) is 12.7 Å². The van der Waals surface area contributed by atoms with Crippen LogP contribution in [0.25, 0.3) is 0 Å². The van der Waals surface area contributed by atoms with Crippen molar-refractivity contribution in [3.8, 4) is 0 Å². The Morgan fingerprint density at radius 3 is 2.89 bits per heavy atom. The summed E-state index contributed by atoms with van der Waals surface area (Å²) in [6.07, 6.45) is 1.56. The molecule has 104 valence electrons. The van der Waals surface area contributed by atoms with Crippen LogP contribution in [0.5, 0.6) is 0 Å². The van der Waals surface area contributed by atoms with E-state index in [4.69, 9.17) is 0 Å². The molecule has 1 saturated heterocycles. The lowest BCUT2D eigenvalue weighted by Crippen LogP contribution is -2.53. The smallest absolute Gasteiger partial charge is 0.321 e. The molecule has 6 nitrogen and oxygen atoms in total. The Kier molecular flexibility index (Phi) is 8.36. The molecule has 0 aliphatic carbocycles. The van der Waals surface area contributed by atoms with Crippen molar-refractivity contribution in [2.75, 3.05) is 32.7 Å². The highest BCUT2D eigenvalue weighted by atomic mass is 35.5. The van der Waals surface area contributed by atoms with E-state index < -0.39 is 6.03 Å². The van der Waals surface area contributed by atoms with E-state index in [0.29, 0.717) is 12.6 Å². The molecule has 0 radical (unpaired) electrons. The Labute approximate surface area is 114 Å². The minimum absolute atomic E-state index is 0. The summed E-state index contributed by atoms with van der Waals surface area (Å²) in [6, 6.07) is -0.0933. The lowest BCUT2D eigenvalue weighted by atomic mass is 10.2. The number of nitrogens with zero attached hydrogens (tertiary/aromatic N) is 1. The number of rotatable bonds is 4. The first-order valence-corrected chi connectivity index (χ1v) is 5.76. The number of carbonyl (C=O) groups excluding carboxylic acids is 2. The van der Waals surface area contributed by atoms with E-state index in [1.165, 1.54) is 0 Å². The molecule has 18 heavy (non-hydrogen) atoms. The van der Waals surface area contributed by atoms with Crippen LogP contribution in [-0.2, 0) is 4.79 Å². The molecule has 0 aromatic rings. The minimum atomic E-state index is -0.474. The average Bonchev–Trinajstić information content (AvgIpc) is 2.26. The maximum absolute atomic E-state index is 11.5. The third-order valence-corrected chi connectivity index (χ3v) is 2.48. The van der Waals surface area contributed by atoms with Crippen LogP contribution in [0.1, 0.15) is 6.92 Å². The molecular weight excluding hydrogens is 256 g/mol. The van der Waals surface area contributed by atoms with E-state index in [0.717, 1.165) is 19.6 Å². The summed E-state index contributed by atoms with van der Waals surface area (Å²) in [6.45, 7) is 8.67. The zero-order valence-electron chi connectivity index (χ0n) is 10.6. The molecule has 1 aliphatic rings. The van der Waals surface area contributed by atoms with Crippen molar-refractivity contribution < 1.29 is 9.59 Å². The molecule has 1 aliphatic heterocycles. The van der Waals surface area contributed by atoms with Crippen molar-refractivity contribution in [2.24, 2.45) is 0 Å². The van der Waals surface area contributed by atoms with Crippen molar-refractivity contribution in [1.29, 1.82) is 0 Å². The molecule has 1 heterocycles. The number of halogens is 1. The zero-order chi connectivity index (χ0) is 12.7. The molecule has 0 aromatic heterocycles. The summed E-state index contributed by atoms with van der Waals surface area (Å²) >= 11 is 0. The van der Waals surface area contributed by atoms with E-state index in [2.05, 4.69) is 29.5 Å². The summed E-state index contributed by atoms with van der Waals surface area (Å²) in [5.74, 6) is -0.277. The average molecular weight is 277 g/mol. The Hall–Kier alpha value is -1.11. The van der Waals surface area contributed by atoms with Gasteiger partial charge < -0.3 is 10.6 Å². The van der Waals surface area contributed by atoms with Gasteiger partial charge in [0.25, 0.3) is 0 Å². The second-order valence-electron chi connectivity index (χ2n) is 4.14. The predicted molar refractivity (Wildman–Crippen MR) is 72.9 cm³/mol. The SMILES string of the molecule is C=CCNC(=O)NC(=O)CN1CCNC(C)C1.Cl. The van der Waals surface area contributed by atoms with Gasteiger partial charge in [0, 0.05) is 32.2 Å². The van der Waals surface area contributed by atoms with Crippen molar-refractivity contribution in [3.05, 3.63) is 12.7 Å². The van der Waals surface area contributed by atoms with Crippen LogP contribution >= 0.6 is 12.4 Å². The Morgan fingerprint density at radius 1 is 1.56 bits per heavy atom. The Balaban J connectivity index is 0.00000289. The van der Waals surface area contributed by atoms with Gasteiger partial charge in [0.15, 0.2) is 0 Å². The predicted octanol–water partition coefficient (Wildman–Crippen LogP) is -0.286. The number of amides is 3. The Bertz CT molecular complexity index is 299. The molecule has 0 aromatic carbocycles. The quantitative estimate of drug-likeness (QED) is 0.617. The number of imide groups is 1. The first kappa shape index (κ1) is 16.9. The summed E-state index contributed by atoms with van der Waals surface area (Å²) in [5, 5.41) is 8.06. The van der Waals surface area contributed by atoms with Gasteiger partial charge in [-0.1, -0.05) is 6.08 Å². The van der Waals surface area contributed by atoms with Gasteiger partial charge in [-0.05, 0) is 6.92 Å². The maximum Gasteiger partial charge on any atom is 0.321 e. The highest BCUT2D eigenvalue weighted by Crippen LogP contribution is 1.97. The molecule has 3 amide bonds. The fraction of sp³-hybridized carbons (Fsp3) is 0.636. The molecule has 0 saturated carbocycles. The monoisotopic (exact) mass is 276 g/mol. The number of piperazine rings is 1. The fourth-order valence-corrected chi connectivity index (χ4v) is 1.73. The highest BCUT2D eigenvalue weighted by Gasteiger charge is 2.18. The van der Waals surface area contributed by atoms with E-state index in [-0.39, 0.29) is 24.9 Å². The van der Waals surface area contributed by atoms with Crippen LogP contribution in [0, 0.1) is 0 Å². The number of hydrogen-bond acceptors (Lipinski definition) is 4. The van der Waals surface area contributed by atoms with E-state index in [1.807, 2.05) is 4.90 Å². The molecule has 0 spiro atoms. The summed E-state index contributed by atoms with van der Waals surface area (Å²) in [5.41, 5.74) is 0. The maximum atomic E-state index is 11.5. The van der Waals surface area contributed by atoms with Gasteiger partial charge in [0.05, 0.1) is 6.54 Å². The summed E-state index contributed by atoms with van der Waals surface area (Å²) in [7, 11) is 0. The molecule has 0 bridgehead atoms. The van der Waals surface area contributed by atoms with Crippen LogP contribution in [0.2, 0.25) is 0 Å². The van der Waals surface area contributed by atoms with Gasteiger partial charge in [-0.25, -0.2) is 4.79 Å². The van der Waals surface area contributed by atoms with Crippen molar-refractivity contribution in [2.45, 2.75) is 13.0 Å². The van der Waals surface area contributed by atoms with Crippen molar-refractivity contribution in [1.82, 2.24) is 20.9 Å². The molecular formula is C11H21ClN4O2. The van der Waals surface area contributed by atoms with Gasteiger partial charge in [-0.15, -0.1) is 19.0 Å². The van der Waals surface area contributed by atoms with Crippen molar-refractivity contribution >= 4 is 24.3 Å². The van der Waals surface area contributed by atoms with Crippen LogP contribution in [-0.4, -0.2) is 55.6 Å². The fourth-order valence-electron chi connectivity index (χ4n) is 1.73. The van der Waals surface area contributed by atoms with Crippen LogP contribution in [0.3, 0.4) is 0 Å². The van der Waals surface area contributed by atoms with E-state index >= 15 is 0 Å². The molecule has 3 N–H and O–H groups in total. The standard InChI is InChI=1S/C11H20N4O2.ClH/c1-3-4-13-11(17)14-10(16)8-15-6-5-12-9(2)7-15;/h3,9,12H,1,4-8H2,2H3,(H2,13,14,16,17);1H. The lowest BCUT2D eigenvalue weighted by Gasteiger charge is -2.31. The van der Waals surface area contributed by atoms with Gasteiger partial charge in [-0.2, -0.15) is 0 Å². The summed E-state index contributed by atoms with van der Waals surface area (Å²) < 4.78 is 0. The molecule has 1 unspecified atom stereocenters. The van der Waals surface area contributed by atoms with Gasteiger partial charge in [-0.3, -0.25) is 15.0 Å². The van der Waals surface area contributed by atoms with Gasteiger partial charge in [0.1, 0.15) is 0 Å². The third kappa shape index (κ3) is 6.58. The topological polar surface area (TPSA) is 73.5 Å².